The predicted molar refractivity (Wildman–Crippen MR) is 62.7 cm³/mol. The molecule has 1 aliphatic rings. The lowest BCUT2D eigenvalue weighted by atomic mass is 9.95. The Hall–Kier alpha value is -1.63. The molecule has 2 N–H and O–H groups in total. The molecule has 2 rings (SSSR count). The van der Waals surface area contributed by atoms with Gasteiger partial charge in [0.25, 0.3) is 0 Å². The Morgan fingerprint density at radius 2 is 2.44 bits per heavy atom. The first-order valence-electron chi connectivity index (χ1n) is 6.01. The van der Waals surface area contributed by atoms with Gasteiger partial charge in [-0.2, -0.15) is 4.98 Å². The molecular weight excluding hydrogens is 236 g/mol. The van der Waals surface area contributed by atoms with Crippen LogP contribution in [0.3, 0.4) is 0 Å². The minimum absolute atomic E-state index is 0.211. The summed E-state index contributed by atoms with van der Waals surface area (Å²) in [5.74, 6) is 0.921. The minimum atomic E-state index is -0.793. The van der Waals surface area contributed by atoms with E-state index in [0.29, 0.717) is 24.8 Å². The van der Waals surface area contributed by atoms with Gasteiger partial charge in [0.1, 0.15) is 0 Å². The molecule has 18 heavy (non-hydrogen) atoms. The smallest absolute Gasteiger partial charge is 0.317 e. The summed E-state index contributed by atoms with van der Waals surface area (Å²) in [7, 11) is 0. The largest absolute Gasteiger partial charge is 0.388 e. The van der Waals surface area contributed by atoms with Crippen LogP contribution in [-0.4, -0.2) is 44.9 Å². The van der Waals surface area contributed by atoms with Crippen LogP contribution in [0.1, 0.15) is 31.5 Å². The quantitative estimate of drug-likeness (QED) is 0.798. The van der Waals surface area contributed by atoms with Crippen molar-refractivity contribution < 1.29 is 14.4 Å². The average Bonchev–Trinajstić information content (AvgIpc) is 2.70. The number of aromatic nitrogens is 2. The van der Waals surface area contributed by atoms with Crippen LogP contribution in [0.5, 0.6) is 0 Å². The first kappa shape index (κ1) is 12.8. The number of nitrogens with one attached hydrogen (secondary N) is 1. The molecule has 1 atom stereocenters. The summed E-state index contributed by atoms with van der Waals surface area (Å²) in [6, 6.07) is -0.211. The van der Waals surface area contributed by atoms with Crippen molar-refractivity contribution in [3.05, 3.63) is 11.7 Å². The second kappa shape index (κ2) is 4.93. The molecule has 100 valence electrons. The van der Waals surface area contributed by atoms with Crippen LogP contribution in [0.25, 0.3) is 0 Å². The Kier molecular flexibility index (Phi) is 3.51. The lowest BCUT2D eigenvalue weighted by Gasteiger charge is -2.36. The number of nitrogens with zero attached hydrogens (tertiary/aromatic N) is 3. The standard InChI is InChI=1S/C11H18N4O3/c1-8-13-9(14-18-8)6-12-10(16)15-5-3-4-11(2,17)7-15/h17H,3-7H2,1-2H3,(H,12,16). The van der Waals surface area contributed by atoms with Gasteiger partial charge in [-0.1, -0.05) is 5.16 Å². The van der Waals surface area contributed by atoms with E-state index in [-0.39, 0.29) is 12.6 Å². The zero-order chi connectivity index (χ0) is 13.2. The minimum Gasteiger partial charge on any atom is -0.388 e. The summed E-state index contributed by atoms with van der Waals surface area (Å²) in [6.07, 6.45) is 1.53. The highest BCUT2D eigenvalue weighted by atomic mass is 16.5. The van der Waals surface area contributed by atoms with E-state index in [2.05, 4.69) is 15.5 Å². The molecule has 7 nitrogen and oxygen atoms in total. The number of piperidine rings is 1. The van der Waals surface area contributed by atoms with Crippen molar-refractivity contribution in [3.8, 4) is 0 Å². The van der Waals surface area contributed by atoms with Gasteiger partial charge in [-0.15, -0.1) is 0 Å². The second-order valence-electron chi connectivity index (χ2n) is 4.91. The molecule has 7 heteroatoms. The third-order valence-electron chi connectivity index (χ3n) is 2.93. The van der Waals surface area contributed by atoms with Crippen molar-refractivity contribution in [2.24, 2.45) is 0 Å². The van der Waals surface area contributed by atoms with Crippen LogP contribution in [0, 0.1) is 6.92 Å². The van der Waals surface area contributed by atoms with Crippen LogP contribution in [-0.2, 0) is 6.54 Å². The Morgan fingerprint density at radius 3 is 3.06 bits per heavy atom. The molecule has 2 heterocycles. The monoisotopic (exact) mass is 254 g/mol. The number of urea groups is 1. The molecule has 1 fully saturated rings. The second-order valence-corrected chi connectivity index (χ2v) is 4.91. The van der Waals surface area contributed by atoms with E-state index >= 15 is 0 Å². The zero-order valence-electron chi connectivity index (χ0n) is 10.6. The van der Waals surface area contributed by atoms with Crippen molar-refractivity contribution >= 4 is 6.03 Å². The van der Waals surface area contributed by atoms with Crippen molar-refractivity contribution in [2.45, 2.75) is 38.8 Å². The molecule has 2 amide bonds. The molecule has 1 saturated heterocycles. The number of rotatable bonds is 2. The van der Waals surface area contributed by atoms with Crippen molar-refractivity contribution in [2.75, 3.05) is 13.1 Å². The fourth-order valence-corrected chi connectivity index (χ4v) is 2.07. The molecule has 1 aliphatic heterocycles. The average molecular weight is 254 g/mol. The number of amides is 2. The van der Waals surface area contributed by atoms with Crippen LogP contribution in [0.2, 0.25) is 0 Å². The number of aryl methyl sites for hydroxylation is 1. The highest BCUT2D eigenvalue weighted by Gasteiger charge is 2.30. The Morgan fingerprint density at radius 1 is 1.67 bits per heavy atom. The Labute approximate surface area is 105 Å². The number of hydrogen-bond donors (Lipinski definition) is 2. The molecule has 0 aliphatic carbocycles. The van der Waals surface area contributed by atoms with Crippen molar-refractivity contribution in [3.63, 3.8) is 0 Å². The van der Waals surface area contributed by atoms with Gasteiger partial charge in [0.15, 0.2) is 5.82 Å². The first-order chi connectivity index (χ1) is 8.46. The number of β-amino-alcohol motifs (C(OH)–C–C–N with tert-alkyl or cyclic N) is 1. The van der Waals surface area contributed by atoms with Gasteiger partial charge in [0.05, 0.1) is 18.7 Å². The lowest BCUT2D eigenvalue weighted by Crippen LogP contribution is -2.51. The van der Waals surface area contributed by atoms with E-state index in [1.807, 2.05) is 0 Å². The molecule has 1 unspecified atom stereocenters. The van der Waals surface area contributed by atoms with Gasteiger partial charge in [0.2, 0.25) is 5.89 Å². The van der Waals surface area contributed by atoms with Crippen molar-refractivity contribution in [1.29, 1.82) is 0 Å². The van der Waals surface area contributed by atoms with Crippen molar-refractivity contribution in [1.82, 2.24) is 20.4 Å². The zero-order valence-corrected chi connectivity index (χ0v) is 10.6. The maximum Gasteiger partial charge on any atom is 0.317 e. The number of carbonyl (C=O) groups excluding carboxylic acids is 1. The van der Waals surface area contributed by atoms with Gasteiger partial charge in [-0.05, 0) is 19.8 Å². The highest BCUT2D eigenvalue weighted by Crippen LogP contribution is 2.20. The van der Waals surface area contributed by atoms with E-state index < -0.39 is 5.60 Å². The summed E-state index contributed by atoms with van der Waals surface area (Å²) in [6.45, 7) is 4.68. The third-order valence-corrected chi connectivity index (χ3v) is 2.93. The fraction of sp³-hybridized carbons (Fsp3) is 0.727. The Bertz CT molecular complexity index is 430. The van der Waals surface area contributed by atoms with E-state index in [9.17, 15) is 9.90 Å². The van der Waals surface area contributed by atoms with Gasteiger partial charge in [0, 0.05) is 13.5 Å². The molecule has 0 radical (unpaired) electrons. The normalized spacial score (nSPS) is 24.1. The predicted octanol–water partition coefficient (Wildman–Crippen LogP) is 0.434. The van der Waals surface area contributed by atoms with Crippen LogP contribution < -0.4 is 5.32 Å². The molecule has 0 bridgehead atoms. The van der Waals surface area contributed by atoms with Crippen LogP contribution in [0.4, 0.5) is 4.79 Å². The number of hydrogen-bond acceptors (Lipinski definition) is 5. The van der Waals surface area contributed by atoms with Crippen LogP contribution >= 0.6 is 0 Å². The van der Waals surface area contributed by atoms with Crippen LogP contribution in [0.15, 0.2) is 4.52 Å². The van der Waals surface area contributed by atoms with Gasteiger partial charge >= 0.3 is 6.03 Å². The topological polar surface area (TPSA) is 91.5 Å². The Balaban J connectivity index is 1.84. The maximum atomic E-state index is 11.9. The fourth-order valence-electron chi connectivity index (χ4n) is 2.07. The summed E-state index contributed by atoms with van der Waals surface area (Å²) in [4.78, 5) is 17.5. The summed E-state index contributed by atoms with van der Waals surface area (Å²) < 4.78 is 4.81. The first-order valence-corrected chi connectivity index (χ1v) is 6.01. The molecule has 0 aromatic carbocycles. The van der Waals surface area contributed by atoms with E-state index in [0.717, 1.165) is 12.8 Å². The summed E-state index contributed by atoms with van der Waals surface area (Å²) >= 11 is 0. The maximum absolute atomic E-state index is 11.9. The SMILES string of the molecule is Cc1nc(CNC(=O)N2CCCC(C)(O)C2)no1. The number of carbonyl (C=O) groups is 1. The van der Waals surface area contributed by atoms with E-state index in [4.69, 9.17) is 4.52 Å². The summed E-state index contributed by atoms with van der Waals surface area (Å²) in [5, 5.41) is 16.3. The molecule has 1 aromatic rings. The molecule has 0 saturated carbocycles. The van der Waals surface area contributed by atoms with E-state index in [1.54, 1.807) is 18.7 Å². The van der Waals surface area contributed by atoms with Gasteiger partial charge in [-0.25, -0.2) is 4.79 Å². The third kappa shape index (κ3) is 3.19. The molecular formula is C11H18N4O3. The highest BCUT2D eigenvalue weighted by molar-refractivity contribution is 5.74. The number of likely N-dealkylation sites (tertiary alicyclic amines) is 1. The van der Waals surface area contributed by atoms with Gasteiger partial charge in [-0.3, -0.25) is 0 Å². The van der Waals surface area contributed by atoms with E-state index in [1.165, 1.54) is 0 Å². The molecule has 1 aromatic heterocycles. The number of aliphatic hydroxyl groups is 1. The van der Waals surface area contributed by atoms with Gasteiger partial charge < -0.3 is 19.8 Å². The summed E-state index contributed by atoms with van der Waals surface area (Å²) in [5.41, 5.74) is -0.793. The molecule has 0 spiro atoms. The lowest BCUT2D eigenvalue weighted by molar-refractivity contribution is -0.00255.